The van der Waals surface area contributed by atoms with Crippen LogP contribution >= 0.6 is 22.9 Å². The number of ketones is 1. The van der Waals surface area contributed by atoms with E-state index in [2.05, 4.69) is 6.08 Å². The number of aliphatic hydroxyl groups excluding tert-OH is 1. The molecule has 2 aromatic carbocycles. The van der Waals surface area contributed by atoms with E-state index in [1.165, 1.54) is 16.4 Å². The Labute approximate surface area is 323 Å². The van der Waals surface area contributed by atoms with Gasteiger partial charge in [-0.05, 0) is 123 Å². The Morgan fingerprint density at radius 1 is 1.09 bits per heavy atom. The lowest BCUT2D eigenvalue weighted by Gasteiger charge is -2.45. The van der Waals surface area contributed by atoms with Gasteiger partial charge in [-0.2, -0.15) is 17.5 Å². The molecule has 1 fully saturated rings. The highest BCUT2D eigenvalue weighted by atomic mass is 35.5. The Hall–Kier alpha value is -3.26. The number of alkyl halides is 3. The molecule has 3 aliphatic carbocycles. The zero-order valence-corrected chi connectivity index (χ0v) is 32.8. The second-order valence-corrected chi connectivity index (χ2v) is 18.4. The summed E-state index contributed by atoms with van der Waals surface area (Å²) in [7, 11) is -3.90. The van der Waals surface area contributed by atoms with Crippen molar-refractivity contribution in [2.75, 3.05) is 13.1 Å². The van der Waals surface area contributed by atoms with Gasteiger partial charge in [0.15, 0.2) is 5.76 Å². The molecular weight excluding hydrogens is 759 g/mol. The standard InChI is InChI=1S/C41H45ClF3NO6S2/c1-4-20-46(54(50,51)37-8-6-21-53-37)25-40(49)19-17-33-30-13-10-27(22-29(47)12-9-26(2)7-5-18-39(33,40)3)23-31(30)38(48)36-16-15-35(52-36)32-24-28(41(43,44)45)11-14-34(32)42/h6-8,10-11,13-16,21,23-24,29,33,47,49H,4-5,9,12,17-20,22,25H2,1-3H3. The molecule has 2 heterocycles. The van der Waals surface area contributed by atoms with E-state index in [0.29, 0.717) is 49.7 Å². The molecule has 2 bridgehead atoms. The molecule has 0 spiro atoms. The molecule has 4 aromatic rings. The minimum absolute atomic E-state index is 0.00470. The van der Waals surface area contributed by atoms with Gasteiger partial charge in [0, 0.05) is 29.6 Å². The Bertz CT molecular complexity index is 2130. The van der Waals surface area contributed by atoms with Gasteiger partial charge in [-0.15, -0.1) is 11.3 Å². The zero-order chi connectivity index (χ0) is 39.1. The van der Waals surface area contributed by atoms with Crippen molar-refractivity contribution < 1.29 is 41.0 Å². The zero-order valence-electron chi connectivity index (χ0n) is 30.5. The molecule has 7 rings (SSSR count). The molecule has 1 saturated carbocycles. The molecular formula is C41H45ClF3NO6S2. The number of furan rings is 1. The molecule has 4 atom stereocenters. The van der Waals surface area contributed by atoms with Crippen LogP contribution in [0.4, 0.5) is 13.2 Å². The molecule has 0 radical (unpaired) electrons. The molecule has 0 aliphatic heterocycles. The van der Waals surface area contributed by atoms with E-state index in [9.17, 15) is 36.6 Å². The number of fused-ring (bicyclic) bond motifs is 8. The first kappa shape index (κ1) is 40.4. The first-order valence-electron chi connectivity index (χ1n) is 18.2. The lowest BCUT2D eigenvalue weighted by atomic mass is 9.65. The van der Waals surface area contributed by atoms with Gasteiger partial charge in [0.1, 0.15) is 9.97 Å². The van der Waals surface area contributed by atoms with Crippen LogP contribution in [0, 0.1) is 5.41 Å². The van der Waals surface area contributed by atoms with E-state index in [0.717, 1.165) is 35.1 Å². The number of rotatable bonds is 9. The molecule has 3 aliphatic rings. The van der Waals surface area contributed by atoms with Crippen LogP contribution in [-0.4, -0.2) is 53.5 Å². The molecule has 290 valence electrons. The second kappa shape index (κ2) is 15.7. The minimum atomic E-state index is -4.61. The molecule has 54 heavy (non-hydrogen) atoms. The van der Waals surface area contributed by atoms with Gasteiger partial charge in [-0.3, -0.25) is 4.79 Å². The molecule has 7 nitrogen and oxygen atoms in total. The number of aliphatic hydroxyl groups is 2. The number of hydrogen-bond acceptors (Lipinski definition) is 7. The maximum atomic E-state index is 14.5. The fourth-order valence-corrected chi connectivity index (χ4v) is 11.1. The molecule has 2 N–H and O–H groups in total. The minimum Gasteiger partial charge on any atom is -0.453 e. The number of thiophene rings is 1. The number of allylic oxidation sites excluding steroid dienone is 2. The van der Waals surface area contributed by atoms with E-state index in [1.54, 1.807) is 23.6 Å². The summed E-state index contributed by atoms with van der Waals surface area (Å²) in [5.41, 5.74) is -0.532. The highest BCUT2D eigenvalue weighted by molar-refractivity contribution is 7.91. The number of nitrogens with zero attached hydrogens (tertiary/aromatic N) is 1. The van der Waals surface area contributed by atoms with Crippen LogP contribution < -0.4 is 0 Å². The van der Waals surface area contributed by atoms with Crippen LogP contribution in [0.5, 0.6) is 0 Å². The van der Waals surface area contributed by atoms with Gasteiger partial charge >= 0.3 is 6.18 Å². The second-order valence-electron chi connectivity index (χ2n) is 14.9. The van der Waals surface area contributed by atoms with Gasteiger partial charge in [0.25, 0.3) is 10.0 Å². The Balaban J connectivity index is 1.44. The Morgan fingerprint density at radius 2 is 1.87 bits per heavy atom. The SMILES string of the molecule is CCCN(CC1(O)CCC2c3ccc(cc3C(=O)c3ccc(-c4cc(C(F)(F)F)ccc4Cl)o3)CC(O)CCC(C)=CCCC21C)S(=O)(=O)c1cccs1. The van der Waals surface area contributed by atoms with Crippen molar-refractivity contribution in [1.29, 1.82) is 0 Å². The fraction of sp³-hybridized carbons (Fsp3) is 0.439. The summed E-state index contributed by atoms with van der Waals surface area (Å²) in [6.45, 7) is 5.99. The van der Waals surface area contributed by atoms with E-state index < -0.39 is 50.6 Å². The van der Waals surface area contributed by atoms with Crippen molar-refractivity contribution in [3.05, 3.63) is 111 Å². The van der Waals surface area contributed by atoms with Crippen LogP contribution in [0.25, 0.3) is 11.3 Å². The molecule has 4 unspecified atom stereocenters. The van der Waals surface area contributed by atoms with Crippen LogP contribution in [0.15, 0.2) is 86.3 Å². The van der Waals surface area contributed by atoms with Crippen LogP contribution in [0.3, 0.4) is 0 Å². The van der Waals surface area contributed by atoms with E-state index >= 15 is 0 Å². The quantitative estimate of drug-likeness (QED) is 0.129. The van der Waals surface area contributed by atoms with Gasteiger partial charge in [-0.25, -0.2) is 8.42 Å². The van der Waals surface area contributed by atoms with E-state index in [1.807, 2.05) is 32.9 Å². The van der Waals surface area contributed by atoms with Crippen molar-refractivity contribution in [2.45, 2.75) is 100 Å². The molecule has 13 heteroatoms. The lowest BCUT2D eigenvalue weighted by Crippen LogP contribution is -2.53. The predicted molar refractivity (Wildman–Crippen MR) is 204 cm³/mol. The van der Waals surface area contributed by atoms with Gasteiger partial charge < -0.3 is 14.6 Å². The van der Waals surface area contributed by atoms with E-state index in [-0.39, 0.29) is 57.8 Å². The third kappa shape index (κ3) is 8.01. The average Bonchev–Trinajstić information content (AvgIpc) is 3.88. The summed E-state index contributed by atoms with van der Waals surface area (Å²) in [5, 5.41) is 25.5. The molecule has 0 saturated heterocycles. The maximum absolute atomic E-state index is 14.5. The van der Waals surface area contributed by atoms with Crippen molar-refractivity contribution in [3.63, 3.8) is 0 Å². The van der Waals surface area contributed by atoms with Crippen LogP contribution in [0.1, 0.15) is 104 Å². The Kier molecular flexibility index (Phi) is 11.8. The van der Waals surface area contributed by atoms with Crippen molar-refractivity contribution in [2.24, 2.45) is 5.41 Å². The molecule has 2 aromatic heterocycles. The van der Waals surface area contributed by atoms with Gasteiger partial charge in [0.05, 0.1) is 22.3 Å². The lowest BCUT2D eigenvalue weighted by molar-refractivity contribution is -0.137. The smallest absolute Gasteiger partial charge is 0.416 e. The summed E-state index contributed by atoms with van der Waals surface area (Å²) >= 11 is 7.44. The summed E-state index contributed by atoms with van der Waals surface area (Å²) in [6, 6.07) is 14.4. The number of carbonyl (C=O) groups excluding carboxylic acids is 1. The topological polar surface area (TPSA) is 108 Å². The third-order valence-corrected chi connectivity index (χ3v) is 14.9. The van der Waals surface area contributed by atoms with Crippen molar-refractivity contribution in [3.8, 4) is 11.3 Å². The fourth-order valence-electron chi connectivity index (χ4n) is 8.19. The Morgan fingerprint density at radius 3 is 2.57 bits per heavy atom. The highest BCUT2D eigenvalue weighted by Crippen LogP contribution is 2.59. The summed E-state index contributed by atoms with van der Waals surface area (Å²) in [5.74, 6) is -1.01. The number of benzene rings is 2. The number of sulfonamides is 1. The monoisotopic (exact) mass is 803 g/mol. The van der Waals surface area contributed by atoms with E-state index in [4.69, 9.17) is 16.0 Å². The van der Waals surface area contributed by atoms with Gasteiger partial charge in [-0.1, -0.05) is 55.3 Å². The summed E-state index contributed by atoms with van der Waals surface area (Å²) in [4.78, 5) is 14.5. The van der Waals surface area contributed by atoms with Gasteiger partial charge in [0.2, 0.25) is 5.78 Å². The number of hydrogen-bond donors (Lipinski definition) is 2. The first-order valence-corrected chi connectivity index (χ1v) is 20.9. The highest BCUT2D eigenvalue weighted by Gasteiger charge is 2.58. The first-order chi connectivity index (χ1) is 25.5. The summed E-state index contributed by atoms with van der Waals surface area (Å²) in [6.07, 6.45) is 0.644. The number of carbonyl (C=O) groups is 1. The maximum Gasteiger partial charge on any atom is 0.416 e. The molecule has 0 amide bonds. The van der Waals surface area contributed by atoms with Crippen LogP contribution in [-0.2, 0) is 22.6 Å². The van der Waals surface area contributed by atoms with Crippen molar-refractivity contribution >= 4 is 38.7 Å². The average molecular weight is 804 g/mol. The normalized spacial score (nSPS) is 24.0. The third-order valence-electron chi connectivity index (χ3n) is 11.3. The van der Waals surface area contributed by atoms with Crippen LogP contribution in [0.2, 0.25) is 5.02 Å². The summed E-state index contributed by atoms with van der Waals surface area (Å²) < 4.78 is 76.0. The number of halogens is 4. The van der Waals surface area contributed by atoms with Crippen molar-refractivity contribution in [1.82, 2.24) is 4.31 Å². The largest absolute Gasteiger partial charge is 0.453 e. The predicted octanol–water partition coefficient (Wildman–Crippen LogP) is 10.1.